The van der Waals surface area contributed by atoms with E-state index in [-0.39, 0.29) is 16.6 Å². The molecule has 0 spiro atoms. The van der Waals surface area contributed by atoms with Gasteiger partial charge in [-0.3, -0.25) is 4.79 Å². The first-order valence-corrected chi connectivity index (χ1v) is 7.22. The van der Waals surface area contributed by atoms with Crippen LogP contribution in [0.25, 0.3) is 0 Å². The SMILES string of the molecule is CC1(C)CCCC2(C)C1=CC(=O)[C@@]1(C)OCCC21. The summed E-state index contributed by atoms with van der Waals surface area (Å²) in [7, 11) is 0. The van der Waals surface area contributed by atoms with Crippen molar-refractivity contribution >= 4 is 5.78 Å². The van der Waals surface area contributed by atoms with E-state index in [0.717, 1.165) is 13.0 Å². The largest absolute Gasteiger partial charge is 0.367 e. The Kier molecular flexibility index (Phi) is 2.39. The first-order chi connectivity index (χ1) is 8.31. The summed E-state index contributed by atoms with van der Waals surface area (Å²) in [6.07, 6.45) is 6.64. The molecular formula is C16H24O2. The van der Waals surface area contributed by atoms with Crippen molar-refractivity contribution in [2.24, 2.45) is 16.7 Å². The molecule has 2 heteroatoms. The van der Waals surface area contributed by atoms with Crippen LogP contribution in [0.1, 0.15) is 53.4 Å². The van der Waals surface area contributed by atoms with Gasteiger partial charge in [-0.05, 0) is 43.1 Å². The van der Waals surface area contributed by atoms with Gasteiger partial charge in [0.1, 0.15) is 5.60 Å². The number of ether oxygens (including phenoxy) is 1. The van der Waals surface area contributed by atoms with Crippen molar-refractivity contribution in [3.8, 4) is 0 Å². The number of allylic oxidation sites excluding steroid dienone is 1. The summed E-state index contributed by atoms with van der Waals surface area (Å²) in [6, 6.07) is 0. The zero-order valence-corrected chi connectivity index (χ0v) is 12.0. The van der Waals surface area contributed by atoms with Crippen LogP contribution in [0.2, 0.25) is 0 Å². The third-order valence-electron chi connectivity index (χ3n) is 5.85. The molecule has 0 aromatic carbocycles. The Hall–Kier alpha value is -0.630. The molecule has 0 aromatic rings. The Morgan fingerprint density at radius 3 is 2.67 bits per heavy atom. The van der Waals surface area contributed by atoms with E-state index in [0.29, 0.717) is 5.92 Å². The highest BCUT2D eigenvalue weighted by Crippen LogP contribution is 2.61. The molecule has 0 amide bonds. The van der Waals surface area contributed by atoms with E-state index >= 15 is 0 Å². The summed E-state index contributed by atoms with van der Waals surface area (Å²) < 4.78 is 5.84. The second kappa shape index (κ2) is 3.47. The minimum absolute atomic E-state index is 0.168. The van der Waals surface area contributed by atoms with E-state index in [1.165, 1.54) is 24.8 Å². The maximum atomic E-state index is 12.5. The van der Waals surface area contributed by atoms with Crippen molar-refractivity contribution in [1.29, 1.82) is 0 Å². The van der Waals surface area contributed by atoms with Gasteiger partial charge in [-0.2, -0.15) is 0 Å². The zero-order chi connectivity index (χ0) is 13.2. The van der Waals surface area contributed by atoms with E-state index in [1.54, 1.807) is 0 Å². The molecule has 2 nitrogen and oxygen atoms in total. The summed E-state index contributed by atoms with van der Waals surface area (Å²) in [4.78, 5) is 12.5. The van der Waals surface area contributed by atoms with Gasteiger partial charge in [0.25, 0.3) is 0 Å². The van der Waals surface area contributed by atoms with E-state index in [2.05, 4.69) is 20.8 Å². The van der Waals surface area contributed by atoms with Gasteiger partial charge in [0.05, 0.1) is 0 Å². The maximum absolute atomic E-state index is 12.5. The highest BCUT2D eigenvalue weighted by molar-refractivity contribution is 5.99. The van der Waals surface area contributed by atoms with Gasteiger partial charge in [-0.25, -0.2) is 0 Å². The maximum Gasteiger partial charge on any atom is 0.187 e. The fourth-order valence-corrected chi connectivity index (χ4v) is 4.87. The number of hydrogen-bond acceptors (Lipinski definition) is 2. The van der Waals surface area contributed by atoms with Crippen LogP contribution < -0.4 is 0 Å². The zero-order valence-electron chi connectivity index (χ0n) is 12.0. The summed E-state index contributed by atoms with van der Waals surface area (Å²) in [6.45, 7) is 9.70. The number of rotatable bonds is 0. The van der Waals surface area contributed by atoms with Gasteiger partial charge in [0, 0.05) is 12.5 Å². The summed E-state index contributed by atoms with van der Waals surface area (Å²) in [5, 5.41) is 0. The molecule has 0 radical (unpaired) electrons. The van der Waals surface area contributed by atoms with Crippen LogP contribution in [0.4, 0.5) is 0 Å². The molecular weight excluding hydrogens is 224 g/mol. The van der Waals surface area contributed by atoms with Crippen LogP contribution in [0.15, 0.2) is 11.6 Å². The molecule has 100 valence electrons. The van der Waals surface area contributed by atoms with Gasteiger partial charge in [0.15, 0.2) is 5.78 Å². The first kappa shape index (κ1) is 12.4. The smallest absolute Gasteiger partial charge is 0.187 e. The Morgan fingerprint density at radius 2 is 1.94 bits per heavy atom. The number of hydrogen-bond donors (Lipinski definition) is 0. The van der Waals surface area contributed by atoms with Crippen molar-refractivity contribution in [1.82, 2.24) is 0 Å². The van der Waals surface area contributed by atoms with Crippen molar-refractivity contribution in [3.05, 3.63) is 11.6 Å². The van der Waals surface area contributed by atoms with Crippen molar-refractivity contribution in [3.63, 3.8) is 0 Å². The third kappa shape index (κ3) is 1.36. The van der Waals surface area contributed by atoms with Crippen LogP contribution in [-0.4, -0.2) is 18.0 Å². The highest BCUT2D eigenvalue weighted by Gasteiger charge is 2.60. The molecule has 0 aromatic heterocycles. The number of carbonyl (C=O) groups is 1. The number of ketones is 1. The molecule has 3 aliphatic rings. The van der Waals surface area contributed by atoms with E-state index in [1.807, 2.05) is 13.0 Å². The predicted octanol–water partition coefficient (Wildman–Crippen LogP) is 3.51. The van der Waals surface area contributed by atoms with E-state index in [4.69, 9.17) is 4.74 Å². The monoisotopic (exact) mass is 248 g/mol. The molecule has 3 rings (SSSR count). The first-order valence-electron chi connectivity index (χ1n) is 7.22. The lowest BCUT2D eigenvalue weighted by Crippen LogP contribution is -2.54. The molecule has 0 bridgehead atoms. The minimum atomic E-state index is -0.550. The second-order valence-corrected chi connectivity index (χ2v) is 7.37. The van der Waals surface area contributed by atoms with Gasteiger partial charge >= 0.3 is 0 Å². The summed E-state index contributed by atoms with van der Waals surface area (Å²) >= 11 is 0. The average molecular weight is 248 g/mol. The van der Waals surface area contributed by atoms with Gasteiger partial charge in [-0.1, -0.05) is 32.8 Å². The van der Waals surface area contributed by atoms with Crippen LogP contribution >= 0.6 is 0 Å². The summed E-state index contributed by atoms with van der Waals surface area (Å²) in [5.74, 6) is 0.574. The lowest BCUT2D eigenvalue weighted by atomic mass is 9.50. The molecule has 1 saturated carbocycles. The van der Waals surface area contributed by atoms with Crippen molar-refractivity contribution in [2.75, 3.05) is 6.61 Å². The molecule has 2 fully saturated rings. The van der Waals surface area contributed by atoms with Gasteiger partial charge < -0.3 is 4.74 Å². The van der Waals surface area contributed by atoms with Gasteiger partial charge in [0.2, 0.25) is 0 Å². The highest BCUT2D eigenvalue weighted by atomic mass is 16.5. The molecule has 1 saturated heterocycles. The molecule has 3 atom stereocenters. The van der Waals surface area contributed by atoms with Crippen LogP contribution in [0.5, 0.6) is 0 Å². The number of fused-ring (bicyclic) bond motifs is 3. The summed E-state index contributed by atoms with van der Waals surface area (Å²) in [5.41, 5.74) is 1.18. The Morgan fingerprint density at radius 1 is 1.22 bits per heavy atom. The van der Waals surface area contributed by atoms with Crippen molar-refractivity contribution in [2.45, 2.75) is 59.0 Å². The molecule has 2 aliphatic carbocycles. The Labute approximate surface area is 110 Å². The fraction of sp³-hybridized carbons (Fsp3) is 0.812. The quantitative estimate of drug-likeness (QED) is 0.656. The second-order valence-electron chi connectivity index (χ2n) is 7.37. The van der Waals surface area contributed by atoms with Crippen molar-refractivity contribution < 1.29 is 9.53 Å². The molecule has 18 heavy (non-hydrogen) atoms. The number of carbonyl (C=O) groups excluding carboxylic acids is 1. The average Bonchev–Trinajstić information content (AvgIpc) is 2.67. The van der Waals surface area contributed by atoms with E-state index < -0.39 is 5.60 Å². The Balaban J connectivity index is 2.16. The standard InChI is InChI=1S/C16H24O2/c1-14(2)7-5-8-15(3)11-6-9-18-16(11,4)13(17)10-12(14)15/h10-11H,5-9H2,1-4H3/t11?,15?,16-/m0/s1. The van der Waals surface area contributed by atoms with Crippen LogP contribution in [0.3, 0.4) is 0 Å². The lowest BCUT2D eigenvalue weighted by Gasteiger charge is -2.54. The third-order valence-corrected chi connectivity index (χ3v) is 5.85. The van der Waals surface area contributed by atoms with Crippen LogP contribution in [0, 0.1) is 16.7 Å². The fourth-order valence-electron chi connectivity index (χ4n) is 4.87. The molecule has 2 unspecified atom stereocenters. The lowest BCUT2D eigenvalue weighted by molar-refractivity contribution is -0.142. The van der Waals surface area contributed by atoms with E-state index in [9.17, 15) is 4.79 Å². The predicted molar refractivity (Wildman–Crippen MR) is 71.3 cm³/mol. The molecule has 0 N–H and O–H groups in total. The molecule has 1 aliphatic heterocycles. The topological polar surface area (TPSA) is 26.3 Å². The normalized spacial score (nSPS) is 46.3. The Bertz CT molecular complexity index is 434. The minimum Gasteiger partial charge on any atom is -0.367 e. The molecule has 1 heterocycles. The van der Waals surface area contributed by atoms with Gasteiger partial charge in [-0.15, -0.1) is 0 Å². The van der Waals surface area contributed by atoms with Crippen LogP contribution in [-0.2, 0) is 9.53 Å².